The van der Waals surface area contributed by atoms with Gasteiger partial charge in [0.05, 0.1) is 12.0 Å². The standard InChI is InChI=1S/C16H21N5O4S/c1-11(2)21(3)26(23,24)13-7-5-12(6-8-13)15(22)19-20-16-17-10-9-14(18-16)25-4/h5-11H,1-4H3,(H,19,22)(H,17,18,20). The van der Waals surface area contributed by atoms with Crippen LogP contribution in [0.3, 0.4) is 0 Å². The molecule has 1 amide bonds. The number of carbonyl (C=O) groups is 1. The second-order valence-corrected chi connectivity index (χ2v) is 7.64. The van der Waals surface area contributed by atoms with E-state index in [0.717, 1.165) is 0 Å². The molecular weight excluding hydrogens is 358 g/mol. The van der Waals surface area contributed by atoms with E-state index in [4.69, 9.17) is 4.74 Å². The van der Waals surface area contributed by atoms with E-state index in [9.17, 15) is 13.2 Å². The highest BCUT2D eigenvalue weighted by molar-refractivity contribution is 7.89. The Kier molecular flexibility index (Phi) is 6.11. The molecule has 2 rings (SSSR count). The molecule has 0 saturated heterocycles. The minimum absolute atomic E-state index is 0.120. The maximum absolute atomic E-state index is 12.4. The molecule has 10 heteroatoms. The van der Waals surface area contributed by atoms with Crippen molar-refractivity contribution in [3.63, 3.8) is 0 Å². The third-order valence-corrected chi connectivity index (χ3v) is 5.70. The molecule has 0 bridgehead atoms. The van der Waals surface area contributed by atoms with Gasteiger partial charge in [-0.3, -0.25) is 15.6 Å². The topological polar surface area (TPSA) is 114 Å². The Labute approximate surface area is 152 Å². The van der Waals surface area contributed by atoms with Gasteiger partial charge in [0.1, 0.15) is 0 Å². The maximum Gasteiger partial charge on any atom is 0.269 e. The first-order valence-corrected chi connectivity index (χ1v) is 9.21. The largest absolute Gasteiger partial charge is 0.481 e. The molecule has 0 fully saturated rings. The molecule has 1 aromatic carbocycles. The first-order valence-electron chi connectivity index (χ1n) is 7.77. The van der Waals surface area contributed by atoms with Crippen LogP contribution in [0, 0.1) is 0 Å². The monoisotopic (exact) mass is 379 g/mol. The van der Waals surface area contributed by atoms with Crippen molar-refractivity contribution in [3.8, 4) is 5.88 Å². The molecule has 1 aromatic heterocycles. The van der Waals surface area contributed by atoms with Gasteiger partial charge in [-0.15, -0.1) is 0 Å². The van der Waals surface area contributed by atoms with Crippen LogP contribution in [0.1, 0.15) is 24.2 Å². The molecule has 1 heterocycles. The van der Waals surface area contributed by atoms with Crippen molar-refractivity contribution in [2.45, 2.75) is 24.8 Å². The molecule has 0 spiro atoms. The van der Waals surface area contributed by atoms with E-state index in [1.807, 2.05) is 0 Å². The Hall–Kier alpha value is -2.72. The molecule has 0 aliphatic carbocycles. The Balaban J connectivity index is 2.06. The predicted octanol–water partition coefficient (Wildman–Crippen LogP) is 1.27. The van der Waals surface area contributed by atoms with Crippen molar-refractivity contribution in [2.24, 2.45) is 0 Å². The third-order valence-electron chi connectivity index (χ3n) is 3.65. The number of hydrogen-bond acceptors (Lipinski definition) is 7. The number of carbonyl (C=O) groups excluding carboxylic acids is 1. The zero-order valence-electron chi connectivity index (χ0n) is 14.9. The molecule has 2 N–H and O–H groups in total. The molecule has 0 saturated carbocycles. The number of hydrazine groups is 1. The number of rotatable bonds is 7. The van der Waals surface area contributed by atoms with Crippen molar-refractivity contribution in [2.75, 3.05) is 19.6 Å². The van der Waals surface area contributed by atoms with Gasteiger partial charge in [0, 0.05) is 30.9 Å². The molecule has 140 valence electrons. The fraction of sp³-hybridized carbons (Fsp3) is 0.312. The van der Waals surface area contributed by atoms with Crippen molar-refractivity contribution >= 4 is 21.9 Å². The molecule has 9 nitrogen and oxygen atoms in total. The molecule has 0 unspecified atom stereocenters. The highest BCUT2D eigenvalue weighted by Crippen LogP contribution is 2.17. The first kappa shape index (κ1) is 19.6. The summed E-state index contributed by atoms with van der Waals surface area (Å²) in [7, 11) is -0.610. The Morgan fingerprint density at radius 1 is 1.19 bits per heavy atom. The fourth-order valence-electron chi connectivity index (χ4n) is 1.92. The van der Waals surface area contributed by atoms with E-state index in [1.54, 1.807) is 19.9 Å². The van der Waals surface area contributed by atoms with Crippen LogP contribution in [0.5, 0.6) is 5.88 Å². The van der Waals surface area contributed by atoms with E-state index in [0.29, 0.717) is 5.88 Å². The minimum Gasteiger partial charge on any atom is -0.481 e. The van der Waals surface area contributed by atoms with Gasteiger partial charge in [-0.25, -0.2) is 13.4 Å². The second kappa shape index (κ2) is 8.11. The SMILES string of the molecule is COc1ccnc(NNC(=O)c2ccc(S(=O)(=O)N(C)C(C)C)cc2)n1. The third kappa shape index (κ3) is 4.46. The van der Waals surface area contributed by atoms with Crippen LogP contribution in [-0.2, 0) is 10.0 Å². The zero-order valence-corrected chi connectivity index (χ0v) is 15.7. The fourth-order valence-corrected chi connectivity index (χ4v) is 3.29. The van der Waals surface area contributed by atoms with Gasteiger partial charge in [0.2, 0.25) is 21.9 Å². The number of anilines is 1. The normalized spacial score (nSPS) is 11.5. The quantitative estimate of drug-likeness (QED) is 0.697. The van der Waals surface area contributed by atoms with E-state index in [-0.39, 0.29) is 22.4 Å². The highest BCUT2D eigenvalue weighted by Gasteiger charge is 2.23. The van der Waals surface area contributed by atoms with Gasteiger partial charge < -0.3 is 4.74 Å². The smallest absolute Gasteiger partial charge is 0.269 e. The molecule has 2 aromatic rings. The molecule has 0 aliphatic heterocycles. The molecule has 0 atom stereocenters. The van der Waals surface area contributed by atoms with E-state index in [2.05, 4.69) is 20.8 Å². The lowest BCUT2D eigenvalue weighted by atomic mass is 10.2. The van der Waals surface area contributed by atoms with Crippen molar-refractivity contribution in [1.82, 2.24) is 19.7 Å². The predicted molar refractivity (Wildman–Crippen MR) is 96.2 cm³/mol. The van der Waals surface area contributed by atoms with Crippen molar-refractivity contribution in [1.29, 1.82) is 0 Å². The summed E-state index contributed by atoms with van der Waals surface area (Å²) in [4.78, 5) is 20.2. The summed E-state index contributed by atoms with van der Waals surface area (Å²) < 4.78 is 31.1. The minimum atomic E-state index is -3.59. The van der Waals surface area contributed by atoms with E-state index >= 15 is 0 Å². The van der Waals surface area contributed by atoms with Crippen LogP contribution in [-0.4, -0.2) is 48.8 Å². The number of nitrogens with zero attached hydrogens (tertiary/aromatic N) is 3. The molecule has 0 aliphatic rings. The van der Waals surface area contributed by atoms with Crippen LogP contribution in [0.4, 0.5) is 5.95 Å². The lowest BCUT2D eigenvalue weighted by molar-refractivity contribution is 0.0962. The zero-order chi connectivity index (χ0) is 19.3. The number of ether oxygens (including phenoxy) is 1. The van der Waals surface area contributed by atoms with Gasteiger partial charge in [0.15, 0.2) is 0 Å². The Morgan fingerprint density at radius 3 is 2.42 bits per heavy atom. The number of methoxy groups -OCH3 is 1. The van der Waals surface area contributed by atoms with Gasteiger partial charge >= 0.3 is 0 Å². The molecular formula is C16H21N5O4S. The number of nitrogens with one attached hydrogen (secondary N) is 2. The van der Waals surface area contributed by atoms with Gasteiger partial charge in [0.25, 0.3) is 5.91 Å². The van der Waals surface area contributed by atoms with Crippen LogP contribution < -0.4 is 15.6 Å². The number of aromatic nitrogens is 2. The summed E-state index contributed by atoms with van der Waals surface area (Å²) in [6, 6.07) is 7.06. The van der Waals surface area contributed by atoms with Crippen molar-refractivity contribution < 1.29 is 17.9 Å². The first-order chi connectivity index (χ1) is 12.3. The number of sulfonamides is 1. The lowest BCUT2D eigenvalue weighted by Crippen LogP contribution is -2.33. The maximum atomic E-state index is 12.4. The van der Waals surface area contributed by atoms with Crippen LogP contribution in [0.2, 0.25) is 0 Å². The average Bonchev–Trinajstić information content (AvgIpc) is 2.65. The average molecular weight is 379 g/mol. The lowest BCUT2D eigenvalue weighted by Gasteiger charge is -2.21. The number of benzene rings is 1. The summed E-state index contributed by atoms with van der Waals surface area (Å²) in [6.45, 7) is 3.57. The summed E-state index contributed by atoms with van der Waals surface area (Å²) >= 11 is 0. The van der Waals surface area contributed by atoms with Gasteiger partial charge in [-0.2, -0.15) is 9.29 Å². The highest BCUT2D eigenvalue weighted by atomic mass is 32.2. The van der Waals surface area contributed by atoms with Gasteiger partial charge in [-0.1, -0.05) is 0 Å². The molecule has 26 heavy (non-hydrogen) atoms. The number of amides is 1. The second-order valence-electron chi connectivity index (χ2n) is 5.64. The van der Waals surface area contributed by atoms with Crippen molar-refractivity contribution in [3.05, 3.63) is 42.1 Å². The van der Waals surface area contributed by atoms with Crippen LogP contribution >= 0.6 is 0 Å². The Bertz CT molecular complexity index is 868. The van der Waals surface area contributed by atoms with Crippen LogP contribution in [0.15, 0.2) is 41.4 Å². The Morgan fingerprint density at radius 2 is 1.85 bits per heavy atom. The van der Waals surface area contributed by atoms with E-state index < -0.39 is 15.9 Å². The van der Waals surface area contributed by atoms with Gasteiger partial charge in [-0.05, 0) is 38.1 Å². The summed E-state index contributed by atoms with van der Waals surface area (Å²) in [5.74, 6) is 0.0496. The molecule has 0 radical (unpaired) electrons. The van der Waals surface area contributed by atoms with E-state index in [1.165, 1.54) is 48.9 Å². The summed E-state index contributed by atoms with van der Waals surface area (Å²) in [6.07, 6.45) is 1.48. The summed E-state index contributed by atoms with van der Waals surface area (Å²) in [5.41, 5.74) is 5.29. The number of hydrogen-bond donors (Lipinski definition) is 2. The van der Waals surface area contributed by atoms with Crippen LogP contribution in [0.25, 0.3) is 0 Å². The summed E-state index contributed by atoms with van der Waals surface area (Å²) in [5, 5.41) is 0.